The monoisotopic (exact) mass is 413 g/mol. The quantitative estimate of drug-likeness (QED) is 0.477. The highest BCUT2D eigenvalue weighted by atomic mass is 16.5. The summed E-state index contributed by atoms with van der Waals surface area (Å²) < 4.78 is 10.6. The predicted octanol–water partition coefficient (Wildman–Crippen LogP) is 4.65. The molecule has 0 bridgehead atoms. The van der Waals surface area contributed by atoms with Gasteiger partial charge in [0.2, 0.25) is 11.7 Å². The number of aryl methyl sites for hydroxylation is 1. The van der Waals surface area contributed by atoms with E-state index in [9.17, 15) is 4.79 Å². The third-order valence-corrected chi connectivity index (χ3v) is 5.12. The number of amides is 1. The van der Waals surface area contributed by atoms with Crippen LogP contribution in [-0.2, 0) is 12.1 Å². The van der Waals surface area contributed by atoms with Crippen LogP contribution in [0.25, 0.3) is 0 Å². The van der Waals surface area contributed by atoms with Gasteiger partial charge in [0.1, 0.15) is 5.75 Å². The average molecular weight is 413 g/mol. The second kappa shape index (κ2) is 8.83. The lowest BCUT2D eigenvalue weighted by Gasteiger charge is -2.32. The van der Waals surface area contributed by atoms with Crippen LogP contribution in [-0.4, -0.2) is 16.0 Å². The highest BCUT2D eigenvalue weighted by Crippen LogP contribution is 2.29. The van der Waals surface area contributed by atoms with E-state index in [4.69, 9.17) is 9.26 Å². The van der Waals surface area contributed by atoms with Crippen molar-refractivity contribution in [2.24, 2.45) is 0 Å². The first-order valence-corrected chi connectivity index (χ1v) is 10.0. The second-order valence-electron chi connectivity index (χ2n) is 7.35. The summed E-state index contributed by atoms with van der Waals surface area (Å²) in [6.45, 7) is 3.94. The molecule has 0 saturated carbocycles. The molecule has 1 N–H and O–H groups in total. The van der Waals surface area contributed by atoms with E-state index in [2.05, 4.69) is 15.5 Å². The zero-order valence-corrected chi connectivity index (χ0v) is 17.4. The summed E-state index contributed by atoms with van der Waals surface area (Å²) >= 11 is 0. The molecule has 1 aromatic heterocycles. The molecule has 0 fully saturated rings. The minimum atomic E-state index is -0.675. The van der Waals surface area contributed by atoms with Gasteiger partial charge in [0.15, 0.2) is 6.61 Å². The highest BCUT2D eigenvalue weighted by molar-refractivity contribution is 5.95. The Bertz CT molecular complexity index is 1100. The van der Waals surface area contributed by atoms with Crippen molar-refractivity contribution in [3.8, 4) is 5.75 Å². The smallest absolute Gasteiger partial charge is 0.252 e. The minimum Gasteiger partial charge on any atom is -0.485 e. The number of hydrogen-bond acceptors (Lipinski definition) is 5. The number of carbonyl (C=O) groups is 1. The van der Waals surface area contributed by atoms with Crippen LogP contribution in [0.3, 0.4) is 0 Å². The van der Waals surface area contributed by atoms with Crippen molar-refractivity contribution in [2.75, 3.05) is 0 Å². The van der Waals surface area contributed by atoms with Gasteiger partial charge in [-0.3, -0.25) is 4.79 Å². The Morgan fingerprint density at radius 1 is 0.935 bits per heavy atom. The first kappa shape index (κ1) is 20.3. The largest absolute Gasteiger partial charge is 0.485 e. The molecule has 4 aromatic rings. The van der Waals surface area contributed by atoms with Crippen LogP contribution in [0.2, 0.25) is 0 Å². The maximum atomic E-state index is 13.1. The SMILES string of the molecule is Cc1nc(COc2ccc(C(=O)NC(C)(c3ccccc3)c3ccccc3)cc2)no1. The lowest BCUT2D eigenvalue weighted by Crippen LogP contribution is -2.44. The molecule has 0 aliphatic carbocycles. The molecular weight excluding hydrogens is 390 g/mol. The van der Waals surface area contributed by atoms with E-state index in [1.807, 2.05) is 67.6 Å². The van der Waals surface area contributed by atoms with Gasteiger partial charge < -0.3 is 14.6 Å². The van der Waals surface area contributed by atoms with Crippen LogP contribution >= 0.6 is 0 Å². The first-order chi connectivity index (χ1) is 15.0. The topological polar surface area (TPSA) is 77.2 Å². The van der Waals surface area contributed by atoms with Crippen LogP contribution in [0.1, 0.15) is 40.1 Å². The molecule has 0 aliphatic rings. The Morgan fingerprint density at radius 3 is 2.03 bits per heavy atom. The summed E-state index contributed by atoms with van der Waals surface area (Å²) in [4.78, 5) is 17.2. The fourth-order valence-corrected chi connectivity index (χ4v) is 3.40. The van der Waals surface area contributed by atoms with E-state index in [1.54, 1.807) is 31.2 Å². The van der Waals surface area contributed by atoms with Gasteiger partial charge in [-0.05, 0) is 42.3 Å². The lowest BCUT2D eigenvalue weighted by molar-refractivity contribution is 0.0919. The van der Waals surface area contributed by atoms with Gasteiger partial charge in [-0.2, -0.15) is 4.98 Å². The van der Waals surface area contributed by atoms with Crippen LogP contribution in [0, 0.1) is 6.92 Å². The van der Waals surface area contributed by atoms with Crippen molar-refractivity contribution in [3.05, 3.63) is 113 Å². The molecule has 1 heterocycles. The Balaban J connectivity index is 1.51. The molecule has 3 aromatic carbocycles. The predicted molar refractivity (Wildman–Crippen MR) is 117 cm³/mol. The molecular formula is C25H23N3O3. The summed E-state index contributed by atoms with van der Waals surface area (Å²) in [5.41, 5.74) is 1.88. The van der Waals surface area contributed by atoms with Crippen molar-refractivity contribution in [1.29, 1.82) is 0 Å². The van der Waals surface area contributed by atoms with Gasteiger partial charge in [0.05, 0.1) is 5.54 Å². The van der Waals surface area contributed by atoms with Crippen LogP contribution in [0.5, 0.6) is 5.75 Å². The minimum absolute atomic E-state index is 0.171. The zero-order valence-electron chi connectivity index (χ0n) is 17.4. The van der Waals surface area contributed by atoms with Gasteiger partial charge in [-0.1, -0.05) is 65.8 Å². The molecule has 4 rings (SSSR count). The molecule has 0 aliphatic heterocycles. The molecule has 0 spiro atoms. The summed E-state index contributed by atoms with van der Waals surface area (Å²) in [6.07, 6.45) is 0. The zero-order chi connectivity index (χ0) is 21.7. The van der Waals surface area contributed by atoms with E-state index < -0.39 is 5.54 Å². The molecule has 156 valence electrons. The number of nitrogens with one attached hydrogen (secondary N) is 1. The number of carbonyl (C=O) groups excluding carboxylic acids is 1. The van der Waals surface area contributed by atoms with E-state index in [0.29, 0.717) is 23.0 Å². The van der Waals surface area contributed by atoms with E-state index >= 15 is 0 Å². The number of rotatable bonds is 7. The van der Waals surface area contributed by atoms with Crippen LogP contribution in [0.4, 0.5) is 0 Å². The molecule has 0 unspecified atom stereocenters. The number of benzene rings is 3. The van der Waals surface area contributed by atoms with Crippen LogP contribution in [0.15, 0.2) is 89.5 Å². The van der Waals surface area contributed by atoms with Gasteiger partial charge >= 0.3 is 0 Å². The summed E-state index contributed by atoms with van der Waals surface area (Å²) in [6, 6.07) is 26.9. The standard InChI is InChI=1S/C25H23N3O3/c1-18-26-23(28-31-18)17-30-22-15-13-19(14-16-22)24(29)27-25(2,20-9-5-3-6-10-20)21-11-7-4-8-12-21/h3-16H,17H2,1-2H3,(H,27,29). The summed E-state index contributed by atoms with van der Waals surface area (Å²) in [5.74, 6) is 1.41. The maximum absolute atomic E-state index is 13.1. The second-order valence-corrected chi connectivity index (χ2v) is 7.35. The van der Waals surface area contributed by atoms with Crippen molar-refractivity contribution >= 4 is 5.91 Å². The van der Waals surface area contributed by atoms with Crippen molar-refractivity contribution in [1.82, 2.24) is 15.5 Å². The molecule has 0 radical (unpaired) electrons. The number of ether oxygens (including phenoxy) is 1. The molecule has 6 nitrogen and oxygen atoms in total. The Hall–Kier alpha value is -3.93. The summed E-state index contributed by atoms with van der Waals surface area (Å²) in [5, 5.41) is 7.01. The van der Waals surface area contributed by atoms with Crippen molar-refractivity contribution < 1.29 is 14.1 Å². The summed E-state index contributed by atoms with van der Waals surface area (Å²) in [7, 11) is 0. The maximum Gasteiger partial charge on any atom is 0.252 e. The molecule has 0 atom stereocenters. The average Bonchev–Trinajstić information content (AvgIpc) is 3.24. The molecule has 31 heavy (non-hydrogen) atoms. The Labute approximate surface area is 180 Å². The van der Waals surface area contributed by atoms with Gasteiger partial charge in [-0.25, -0.2) is 0 Å². The van der Waals surface area contributed by atoms with E-state index in [1.165, 1.54) is 0 Å². The van der Waals surface area contributed by atoms with Gasteiger partial charge in [-0.15, -0.1) is 0 Å². The van der Waals surface area contributed by atoms with Crippen molar-refractivity contribution in [2.45, 2.75) is 26.0 Å². The number of nitrogens with zero attached hydrogens (tertiary/aromatic N) is 2. The highest BCUT2D eigenvalue weighted by Gasteiger charge is 2.30. The fraction of sp³-hybridized carbons (Fsp3) is 0.160. The molecule has 1 amide bonds. The molecule has 6 heteroatoms. The number of hydrogen-bond donors (Lipinski definition) is 1. The normalized spacial score (nSPS) is 11.2. The third-order valence-electron chi connectivity index (χ3n) is 5.12. The van der Waals surface area contributed by atoms with Gasteiger partial charge in [0.25, 0.3) is 5.91 Å². The Morgan fingerprint density at radius 2 is 1.52 bits per heavy atom. The lowest BCUT2D eigenvalue weighted by atomic mass is 9.84. The van der Waals surface area contributed by atoms with E-state index in [-0.39, 0.29) is 12.5 Å². The van der Waals surface area contributed by atoms with E-state index in [0.717, 1.165) is 11.1 Å². The third kappa shape index (κ3) is 4.64. The van der Waals surface area contributed by atoms with Crippen LogP contribution < -0.4 is 10.1 Å². The van der Waals surface area contributed by atoms with Gasteiger partial charge in [0, 0.05) is 12.5 Å². The van der Waals surface area contributed by atoms with Crippen molar-refractivity contribution in [3.63, 3.8) is 0 Å². The molecule has 0 saturated heterocycles. The first-order valence-electron chi connectivity index (χ1n) is 10.0. The fourth-order valence-electron chi connectivity index (χ4n) is 3.40. The Kier molecular flexibility index (Phi) is 5.80. The number of aromatic nitrogens is 2.